The highest BCUT2D eigenvalue weighted by atomic mass is 16.5. The first-order chi connectivity index (χ1) is 19.8. The standard InChI is InChI=1S/C35H34O6/c1-24-31(38-21-25-10-6-4-7-11-25)17-15-28(33(24)39-22-26-12-8-5-9-13-26)30(37)23-40-34-27(20-36)14-16-32-29(34)18-19-35(2,3)41-32/h4-19,36H,20-23H2,1-3H3. The van der Waals surface area contributed by atoms with Gasteiger partial charge in [0.25, 0.3) is 0 Å². The number of Topliss-reactive ketones (excluding diaryl/α,β-unsaturated/α-hetero) is 1. The zero-order valence-electron chi connectivity index (χ0n) is 23.6. The number of hydrogen-bond acceptors (Lipinski definition) is 6. The van der Waals surface area contributed by atoms with Gasteiger partial charge < -0.3 is 24.1 Å². The molecule has 1 heterocycles. The third kappa shape index (κ3) is 6.61. The first kappa shape index (κ1) is 28.0. The summed E-state index contributed by atoms with van der Waals surface area (Å²) in [5.74, 6) is 1.90. The van der Waals surface area contributed by atoms with E-state index in [1.165, 1.54) is 0 Å². The van der Waals surface area contributed by atoms with E-state index in [9.17, 15) is 9.90 Å². The lowest BCUT2D eigenvalue weighted by atomic mass is 9.99. The molecule has 0 saturated heterocycles. The predicted molar refractivity (Wildman–Crippen MR) is 159 cm³/mol. The van der Waals surface area contributed by atoms with Crippen molar-refractivity contribution in [3.63, 3.8) is 0 Å². The molecule has 6 nitrogen and oxygen atoms in total. The van der Waals surface area contributed by atoms with E-state index < -0.39 is 5.60 Å². The van der Waals surface area contributed by atoms with Gasteiger partial charge in [-0.15, -0.1) is 0 Å². The average molecular weight is 551 g/mol. The zero-order valence-corrected chi connectivity index (χ0v) is 23.6. The fourth-order valence-corrected chi connectivity index (χ4v) is 4.69. The lowest BCUT2D eigenvalue weighted by molar-refractivity contribution is 0.0912. The van der Waals surface area contributed by atoms with Crippen LogP contribution in [0.4, 0.5) is 0 Å². The number of carbonyl (C=O) groups excluding carboxylic acids is 1. The Labute approximate surface area is 240 Å². The molecule has 5 rings (SSSR count). The minimum atomic E-state index is -0.465. The largest absolute Gasteiger partial charge is 0.488 e. The summed E-state index contributed by atoms with van der Waals surface area (Å²) in [6, 6.07) is 26.8. The van der Waals surface area contributed by atoms with Crippen molar-refractivity contribution in [1.29, 1.82) is 0 Å². The molecule has 1 aliphatic rings. The van der Waals surface area contributed by atoms with Crippen LogP contribution in [0, 0.1) is 6.92 Å². The summed E-state index contributed by atoms with van der Waals surface area (Å²) in [6.45, 7) is 6.03. The number of benzene rings is 4. The van der Waals surface area contributed by atoms with Gasteiger partial charge in [-0.05, 0) is 68.3 Å². The van der Waals surface area contributed by atoms with E-state index in [2.05, 4.69) is 0 Å². The van der Waals surface area contributed by atoms with Gasteiger partial charge in [0.1, 0.15) is 41.8 Å². The molecule has 0 unspecified atom stereocenters. The number of carbonyl (C=O) groups is 1. The molecule has 1 aliphatic heterocycles. The third-order valence-electron chi connectivity index (χ3n) is 6.90. The summed E-state index contributed by atoms with van der Waals surface area (Å²) in [5, 5.41) is 9.96. The highest BCUT2D eigenvalue weighted by Crippen LogP contribution is 2.40. The summed E-state index contributed by atoms with van der Waals surface area (Å²) < 4.78 is 24.5. The molecule has 0 aromatic heterocycles. The molecule has 0 radical (unpaired) electrons. The maximum atomic E-state index is 13.6. The molecule has 4 aromatic rings. The molecule has 0 fully saturated rings. The van der Waals surface area contributed by atoms with Crippen LogP contribution < -0.4 is 18.9 Å². The Kier molecular flexibility index (Phi) is 8.41. The SMILES string of the molecule is Cc1c(OCc2ccccc2)ccc(C(=O)COc2c(CO)ccc3c2C=CC(C)(C)O3)c1OCc1ccccc1. The van der Waals surface area contributed by atoms with Crippen molar-refractivity contribution in [3.05, 3.63) is 124 Å². The van der Waals surface area contributed by atoms with E-state index in [1.807, 2.05) is 99.7 Å². The molecule has 41 heavy (non-hydrogen) atoms. The number of hydrogen-bond donors (Lipinski definition) is 1. The number of ether oxygens (including phenoxy) is 4. The molecule has 0 amide bonds. The minimum absolute atomic E-state index is 0.230. The van der Waals surface area contributed by atoms with Crippen molar-refractivity contribution >= 4 is 11.9 Å². The minimum Gasteiger partial charge on any atom is -0.488 e. The summed E-state index contributed by atoms with van der Waals surface area (Å²) in [4.78, 5) is 13.6. The van der Waals surface area contributed by atoms with Crippen LogP contribution >= 0.6 is 0 Å². The van der Waals surface area contributed by atoms with Crippen LogP contribution in [-0.4, -0.2) is 23.1 Å². The highest BCUT2D eigenvalue weighted by Gasteiger charge is 2.26. The van der Waals surface area contributed by atoms with Crippen molar-refractivity contribution in [1.82, 2.24) is 0 Å². The highest BCUT2D eigenvalue weighted by molar-refractivity contribution is 6.00. The van der Waals surface area contributed by atoms with E-state index in [1.54, 1.807) is 18.2 Å². The molecule has 0 saturated carbocycles. The molecule has 0 atom stereocenters. The normalized spacial score (nSPS) is 13.2. The topological polar surface area (TPSA) is 74.2 Å². The van der Waals surface area contributed by atoms with Gasteiger partial charge in [0.2, 0.25) is 5.78 Å². The lowest BCUT2D eigenvalue weighted by Crippen LogP contribution is -2.27. The van der Waals surface area contributed by atoms with Crippen LogP contribution in [0.15, 0.2) is 91.0 Å². The van der Waals surface area contributed by atoms with Crippen LogP contribution in [-0.2, 0) is 19.8 Å². The maximum absolute atomic E-state index is 13.6. The summed E-state index contributed by atoms with van der Waals surface area (Å²) in [6.07, 6.45) is 3.84. The average Bonchev–Trinajstić information content (AvgIpc) is 2.98. The fraction of sp³-hybridized carbons (Fsp3) is 0.229. The summed E-state index contributed by atoms with van der Waals surface area (Å²) in [7, 11) is 0. The zero-order chi connectivity index (χ0) is 28.8. The molecule has 0 aliphatic carbocycles. The third-order valence-corrected chi connectivity index (χ3v) is 6.90. The van der Waals surface area contributed by atoms with Crippen molar-refractivity contribution in [3.8, 4) is 23.0 Å². The molecule has 0 bridgehead atoms. The second kappa shape index (κ2) is 12.3. The first-order valence-electron chi connectivity index (χ1n) is 13.6. The van der Waals surface area contributed by atoms with Gasteiger partial charge in [-0.2, -0.15) is 0 Å². The Bertz CT molecular complexity index is 1540. The van der Waals surface area contributed by atoms with E-state index in [0.29, 0.717) is 52.9 Å². The number of aliphatic hydroxyl groups is 1. The Morgan fingerprint density at radius 3 is 2.12 bits per heavy atom. The van der Waals surface area contributed by atoms with E-state index in [-0.39, 0.29) is 19.0 Å². The number of aliphatic hydroxyl groups excluding tert-OH is 1. The van der Waals surface area contributed by atoms with Crippen LogP contribution in [0.2, 0.25) is 0 Å². The predicted octanol–water partition coefficient (Wildman–Crippen LogP) is 7.09. The van der Waals surface area contributed by atoms with Crippen molar-refractivity contribution < 1.29 is 28.8 Å². The van der Waals surface area contributed by atoms with Gasteiger partial charge in [0.05, 0.1) is 17.7 Å². The number of ketones is 1. The van der Waals surface area contributed by atoms with Crippen molar-refractivity contribution in [2.24, 2.45) is 0 Å². The molecule has 1 N–H and O–H groups in total. The van der Waals surface area contributed by atoms with Crippen LogP contribution in [0.5, 0.6) is 23.0 Å². The molecule has 4 aromatic carbocycles. The molecular weight excluding hydrogens is 516 g/mol. The molecule has 0 spiro atoms. The quantitative estimate of drug-likeness (QED) is 0.201. The van der Waals surface area contributed by atoms with Crippen molar-refractivity contribution in [2.75, 3.05) is 6.61 Å². The smallest absolute Gasteiger partial charge is 0.203 e. The van der Waals surface area contributed by atoms with Crippen molar-refractivity contribution in [2.45, 2.75) is 46.2 Å². The van der Waals surface area contributed by atoms with Gasteiger partial charge >= 0.3 is 0 Å². The van der Waals surface area contributed by atoms with E-state index >= 15 is 0 Å². The Hall–Kier alpha value is -4.55. The van der Waals surface area contributed by atoms with Gasteiger partial charge in [-0.3, -0.25) is 4.79 Å². The van der Waals surface area contributed by atoms with Gasteiger partial charge in [0.15, 0.2) is 6.61 Å². The summed E-state index contributed by atoms with van der Waals surface area (Å²) in [5.41, 5.74) is 3.96. The fourth-order valence-electron chi connectivity index (χ4n) is 4.69. The molecule has 210 valence electrons. The number of rotatable bonds is 11. The van der Waals surface area contributed by atoms with Gasteiger partial charge in [-0.25, -0.2) is 0 Å². The monoisotopic (exact) mass is 550 g/mol. The number of fused-ring (bicyclic) bond motifs is 1. The van der Waals surface area contributed by atoms with E-state index in [0.717, 1.165) is 16.7 Å². The first-order valence-corrected chi connectivity index (χ1v) is 13.6. The van der Waals surface area contributed by atoms with Crippen LogP contribution in [0.25, 0.3) is 6.08 Å². The molecular formula is C35H34O6. The second-order valence-electron chi connectivity index (χ2n) is 10.5. The van der Waals surface area contributed by atoms with Crippen LogP contribution in [0.3, 0.4) is 0 Å². The van der Waals surface area contributed by atoms with E-state index in [4.69, 9.17) is 18.9 Å². The Balaban J connectivity index is 1.40. The Morgan fingerprint density at radius 1 is 0.805 bits per heavy atom. The second-order valence-corrected chi connectivity index (χ2v) is 10.5. The van der Waals surface area contributed by atoms with Crippen LogP contribution in [0.1, 0.15) is 52.0 Å². The van der Waals surface area contributed by atoms with Gasteiger partial charge in [-0.1, -0.05) is 60.7 Å². The van der Waals surface area contributed by atoms with Gasteiger partial charge in [0, 0.05) is 11.1 Å². The maximum Gasteiger partial charge on any atom is 0.203 e. The molecule has 6 heteroatoms. The Morgan fingerprint density at radius 2 is 1.46 bits per heavy atom. The lowest BCUT2D eigenvalue weighted by Gasteiger charge is -2.29. The summed E-state index contributed by atoms with van der Waals surface area (Å²) >= 11 is 0.